The van der Waals surface area contributed by atoms with E-state index in [2.05, 4.69) is 0 Å². The van der Waals surface area contributed by atoms with E-state index >= 15 is 0 Å². The minimum atomic E-state index is -1.16. The van der Waals surface area contributed by atoms with Crippen molar-refractivity contribution in [3.63, 3.8) is 0 Å². The molecule has 2 rings (SSSR count). The summed E-state index contributed by atoms with van der Waals surface area (Å²) in [5.41, 5.74) is 0.801. The Bertz CT molecular complexity index is 569. The lowest BCUT2D eigenvalue weighted by molar-refractivity contribution is 0.129. The molecule has 0 fully saturated rings. The van der Waals surface area contributed by atoms with Crippen LogP contribution in [0.3, 0.4) is 0 Å². The molecule has 5 heteroatoms. The van der Waals surface area contributed by atoms with E-state index in [0.717, 1.165) is 16.3 Å². The van der Waals surface area contributed by atoms with Gasteiger partial charge in [-0.1, -0.05) is 30.3 Å². The van der Waals surface area contributed by atoms with Crippen LogP contribution in [0.25, 0.3) is 0 Å². The van der Waals surface area contributed by atoms with E-state index in [1.165, 1.54) is 0 Å². The highest BCUT2D eigenvalue weighted by Gasteiger charge is 2.16. The quantitative estimate of drug-likeness (QED) is 0.508. The van der Waals surface area contributed by atoms with Gasteiger partial charge in [0.1, 0.15) is 11.5 Å². The molecule has 0 saturated carbocycles. The van der Waals surface area contributed by atoms with Crippen LogP contribution in [0.2, 0.25) is 0 Å². The summed E-state index contributed by atoms with van der Waals surface area (Å²) >= 11 is 0. The molecule has 0 saturated heterocycles. The van der Waals surface area contributed by atoms with E-state index in [4.69, 9.17) is 15.7 Å². The molecule has 0 aliphatic rings. The molecule has 0 heterocycles. The molecule has 2 aromatic carbocycles. The largest absolute Gasteiger partial charge is 0.464 e. The van der Waals surface area contributed by atoms with Crippen molar-refractivity contribution >= 4 is 6.09 Å². The van der Waals surface area contributed by atoms with E-state index in [-0.39, 0.29) is 0 Å². The fourth-order valence-corrected chi connectivity index (χ4v) is 1.77. The third kappa shape index (κ3) is 3.27. The molecule has 0 aromatic heterocycles. The molecule has 0 spiro atoms. The van der Waals surface area contributed by atoms with E-state index in [0.29, 0.717) is 5.75 Å². The zero-order chi connectivity index (χ0) is 14.5. The summed E-state index contributed by atoms with van der Waals surface area (Å²) in [7, 11) is 0. The maximum atomic E-state index is 10.8. The highest BCUT2D eigenvalue weighted by molar-refractivity contribution is 5.64. The van der Waals surface area contributed by atoms with Crippen LogP contribution in [-0.2, 0) is 0 Å². The second-order valence-electron chi connectivity index (χ2n) is 4.35. The average molecular weight is 272 g/mol. The first kappa shape index (κ1) is 13.9. The number of carboxylic acid groups (broad SMARTS) is 1. The van der Waals surface area contributed by atoms with Crippen molar-refractivity contribution in [1.29, 1.82) is 0 Å². The third-order valence-corrected chi connectivity index (χ3v) is 2.98. The summed E-state index contributed by atoms with van der Waals surface area (Å²) in [6.45, 7) is 1.72. The summed E-state index contributed by atoms with van der Waals surface area (Å²) in [5.74, 6) is 6.89. The minimum absolute atomic E-state index is 0.418. The maximum absolute atomic E-state index is 10.8. The highest BCUT2D eigenvalue weighted by Crippen LogP contribution is 2.24. The Labute approximate surface area is 117 Å². The summed E-state index contributed by atoms with van der Waals surface area (Å²) in [4.78, 5) is 10.8. The topological polar surface area (TPSA) is 75.8 Å². The van der Waals surface area contributed by atoms with Crippen molar-refractivity contribution < 1.29 is 14.6 Å². The van der Waals surface area contributed by atoms with Crippen molar-refractivity contribution in [3.8, 4) is 11.5 Å². The molecule has 1 unspecified atom stereocenters. The van der Waals surface area contributed by atoms with Gasteiger partial charge in [-0.3, -0.25) is 0 Å². The standard InChI is InChI=1S/C15H16N2O3/c1-11(17(16)15(18)19)12-7-9-14(10-8-12)20-13-5-3-2-4-6-13/h2-11H,16H2,1H3,(H,18,19). The minimum Gasteiger partial charge on any atom is -0.464 e. The normalized spacial score (nSPS) is 11.7. The van der Waals surface area contributed by atoms with Crippen LogP contribution >= 0.6 is 0 Å². The Morgan fingerprint density at radius 1 is 1.10 bits per heavy atom. The SMILES string of the molecule is CC(c1ccc(Oc2ccccc2)cc1)N(N)C(=O)O. The van der Waals surface area contributed by atoms with Gasteiger partial charge in [-0.2, -0.15) is 0 Å². The molecule has 3 N–H and O–H groups in total. The van der Waals surface area contributed by atoms with Crippen molar-refractivity contribution in [1.82, 2.24) is 5.01 Å². The second kappa shape index (κ2) is 6.08. The number of ether oxygens (including phenoxy) is 1. The van der Waals surface area contributed by atoms with E-state index < -0.39 is 12.1 Å². The molecule has 20 heavy (non-hydrogen) atoms. The first-order chi connectivity index (χ1) is 9.58. The van der Waals surface area contributed by atoms with Crippen LogP contribution in [0, 0.1) is 0 Å². The number of para-hydroxylation sites is 1. The first-order valence-electron chi connectivity index (χ1n) is 6.17. The van der Waals surface area contributed by atoms with E-state index in [9.17, 15) is 4.79 Å². The van der Waals surface area contributed by atoms with Crippen LogP contribution in [0.15, 0.2) is 54.6 Å². The molecule has 1 atom stereocenters. The lowest BCUT2D eigenvalue weighted by Gasteiger charge is -2.21. The fourth-order valence-electron chi connectivity index (χ4n) is 1.77. The summed E-state index contributed by atoms with van der Waals surface area (Å²) in [6, 6.07) is 16.2. The molecule has 104 valence electrons. The number of hydrogen-bond donors (Lipinski definition) is 2. The zero-order valence-corrected chi connectivity index (χ0v) is 11.1. The van der Waals surface area contributed by atoms with Gasteiger partial charge < -0.3 is 9.84 Å². The summed E-state index contributed by atoms with van der Waals surface area (Å²) < 4.78 is 5.66. The average Bonchev–Trinajstić information content (AvgIpc) is 2.47. The van der Waals surface area contributed by atoms with Crippen molar-refractivity contribution in [2.75, 3.05) is 0 Å². The van der Waals surface area contributed by atoms with Gasteiger partial charge in [0.05, 0.1) is 6.04 Å². The molecule has 1 amide bonds. The molecule has 2 aromatic rings. The predicted molar refractivity (Wildman–Crippen MR) is 75.4 cm³/mol. The number of rotatable bonds is 4. The van der Waals surface area contributed by atoms with Gasteiger partial charge in [-0.15, -0.1) is 0 Å². The number of amides is 1. The van der Waals surface area contributed by atoms with Gasteiger partial charge >= 0.3 is 6.09 Å². The van der Waals surface area contributed by atoms with Gasteiger partial charge in [0.15, 0.2) is 0 Å². The Morgan fingerprint density at radius 3 is 2.20 bits per heavy atom. The number of carbonyl (C=O) groups is 1. The van der Waals surface area contributed by atoms with E-state index in [1.54, 1.807) is 31.2 Å². The Hall–Kier alpha value is -2.53. The van der Waals surface area contributed by atoms with Crippen LogP contribution < -0.4 is 10.6 Å². The number of hydrogen-bond acceptors (Lipinski definition) is 3. The Morgan fingerprint density at radius 2 is 1.65 bits per heavy atom. The number of nitrogens with two attached hydrogens (primary N) is 1. The Balaban J connectivity index is 2.08. The van der Waals surface area contributed by atoms with Crippen LogP contribution in [-0.4, -0.2) is 16.2 Å². The van der Waals surface area contributed by atoms with Gasteiger partial charge in [-0.25, -0.2) is 15.6 Å². The van der Waals surface area contributed by atoms with Crippen molar-refractivity contribution in [2.24, 2.45) is 5.84 Å². The third-order valence-electron chi connectivity index (χ3n) is 2.98. The first-order valence-corrected chi connectivity index (χ1v) is 6.17. The smallest absolute Gasteiger partial charge is 0.422 e. The second-order valence-corrected chi connectivity index (χ2v) is 4.35. The van der Waals surface area contributed by atoms with Crippen molar-refractivity contribution in [2.45, 2.75) is 13.0 Å². The number of hydrazine groups is 1. The van der Waals surface area contributed by atoms with Crippen LogP contribution in [0.4, 0.5) is 4.79 Å². The predicted octanol–water partition coefficient (Wildman–Crippen LogP) is 3.39. The molecule has 0 aliphatic heterocycles. The van der Waals surface area contributed by atoms with Gasteiger partial charge in [0.2, 0.25) is 0 Å². The lowest BCUT2D eigenvalue weighted by Crippen LogP contribution is -2.38. The molecule has 0 radical (unpaired) electrons. The summed E-state index contributed by atoms with van der Waals surface area (Å²) in [5, 5.41) is 9.61. The molecule has 0 aliphatic carbocycles. The molecule has 0 bridgehead atoms. The van der Waals surface area contributed by atoms with E-state index in [1.807, 2.05) is 30.3 Å². The molecule has 5 nitrogen and oxygen atoms in total. The summed E-state index contributed by atoms with van der Waals surface area (Å²) in [6.07, 6.45) is -1.16. The molecular weight excluding hydrogens is 256 g/mol. The zero-order valence-electron chi connectivity index (χ0n) is 11.1. The maximum Gasteiger partial charge on any atom is 0.422 e. The monoisotopic (exact) mass is 272 g/mol. The van der Waals surface area contributed by atoms with Gasteiger partial charge in [0, 0.05) is 0 Å². The van der Waals surface area contributed by atoms with Gasteiger partial charge in [-0.05, 0) is 36.8 Å². The molecular formula is C15H16N2O3. The van der Waals surface area contributed by atoms with Crippen molar-refractivity contribution in [3.05, 3.63) is 60.2 Å². The van der Waals surface area contributed by atoms with Crippen LogP contribution in [0.5, 0.6) is 11.5 Å². The van der Waals surface area contributed by atoms with Crippen LogP contribution in [0.1, 0.15) is 18.5 Å². The number of benzene rings is 2. The van der Waals surface area contributed by atoms with Gasteiger partial charge in [0.25, 0.3) is 0 Å². The lowest BCUT2D eigenvalue weighted by atomic mass is 10.1. The fraction of sp³-hybridized carbons (Fsp3) is 0.133. The highest BCUT2D eigenvalue weighted by atomic mass is 16.5. The number of nitrogens with zero attached hydrogens (tertiary/aromatic N) is 1. The Kier molecular flexibility index (Phi) is 4.22.